The molecule has 1 saturated carbocycles. The van der Waals surface area contributed by atoms with E-state index in [-0.39, 0.29) is 11.9 Å². The van der Waals surface area contributed by atoms with E-state index in [2.05, 4.69) is 22.2 Å². The van der Waals surface area contributed by atoms with Crippen LogP contribution in [0.15, 0.2) is 6.07 Å². The van der Waals surface area contributed by atoms with E-state index in [1.807, 2.05) is 0 Å². The summed E-state index contributed by atoms with van der Waals surface area (Å²) in [6.07, 6.45) is -1.43. The van der Waals surface area contributed by atoms with Gasteiger partial charge < -0.3 is 5.32 Å². The van der Waals surface area contributed by atoms with Crippen LogP contribution in [0.1, 0.15) is 31.9 Å². The van der Waals surface area contributed by atoms with Gasteiger partial charge in [0, 0.05) is 12.1 Å². The first-order valence-corrected chi connectivity index (χ1v) is 6.12. The summed E-state index contributed by atoms with van der Waals surface area (Å²) in [4.78, 5) is 6.98. The van der Waals surface area contributed by atoms with Crippen molar-refractivity contribution in [3.05, 3.63) is 17.0 Å². The fraction of sp³-hybridized carbons (Fsp3) is 0.636. The number of rotatable bonds is 2. The van der Waals surface area contributed by atoms with E-state index in [9.17, 15) is 13.2 Å². The number of aromatic nitrogens is 2. The molecular formula is C11H13ClF3N3. The van der Waals surface area contributed by atoms with Crippen LogP contribution in [0.25, 0.3) is 0 Å². The summed E-state index contributed by atoms with van der Waals surface area (Å²) in [6, 6.07) is 1.05. The second-order valence-corrected chi connectivity index (χ2v) is 4.90. The first kappa shape index (κ1) is 13.4. The van der Waals surface area contributed by atoms with Gasteiger partial charge in [0.25, 0.3) is 0 Å². The van der Waals surface area contributed by atoms with Crippen molar-refractivity contribution < 1.29 is 13.2 Å². The number of halogens is 4. The molecule has 0 amide bonds. The van der Waals surface area contributed by atoms with Crippen LogP contribution < -0.4 is 5.32 Å². The van der Waals surface area contributed by atoms with Crippen LogP contribution in [0, 0.1) is 5.92 Å². The lowest BCUT2D eigenvalue weighted by molar-refractivity contribution is -0.141. The number of anilines is 1. The van der Waals surface area contributed by atoms with Crippen LogP contribution in [0.3, 0.4) is 0 Å². The van der Waals surface area contributed by atoms with Gasteiger partial charge in [-0.25, -0.2) is 9.97 Å². The van der Waals surface area contributed by atoms with Crippen molar-refractivity contribution in [2.75, 3.05) is 5.32 Å². The molecule has 1 aromatic rings. The summed E-state index contributed by atoms with van der Waals surface area (Å²) in [6.45, 7) is 2.07. The summed E-state index contributed by atoms with van der Waals surface area (Å²) in [5, 5.41) is 2.62. The molecule has 2 rings (SSSR count). The van der Waals surface area contributed by atoms with Crippen molar-refractivity contribution in [1.29, 1.82) is 0 Å². The van der Waals surface area contributed by atoms with Gasteiger partial charge in [0.1, 0.15) is 5.82 Å². The normalized spacial score (nSPS) is 24.3. The fourth-order valence-corrected chi connectivity index (χ4v) is 2.37. The largest absolute Gasteiger partial charge is 0.433 e. The van der Waals surface area contributed by atoms with Gasteiger partial charge in [-0.2, -0.15) is 13.2 Å². The van der Waals surface area contributed by atoms with Gasteiger partial charge in [-0.05, 0) is 30.4 Å². The molecule has 1 N–H and O–H groups in total. The quantitative estimate of drug-likeness (QED) is 0.838. The molecular weight excluding hydrogens is 267 g/mol. The molecule has 2 atom stereocenters. The number of nitrogens with zero attached hydrogens (tertiary/aromatic N) is 2. The van der Waals surface area contributed by atoms with E-state index in [4.69, 9.17) is 11.6 Å². The third kappa shape index (κ3) is 3.04. The Morgan fingerprint density at radius 1 is 1.33 bits per heavy atom. The second-order valence-electron chi connectivity index (χ2n) is 4.56. The molecule has 0 radical (unpaired) electrons. The molecule has 0 saturated heterocycles. The molecule has 1 aliphatic rings. The van der Waals surface area contributed by atoms with Crippen molar-refractivity contribution in [2.24, 2.45) is 5.92 Å². The Bertz CT molecular complexity index is 436. The average Bonchev–Trinajstić information content (AvgIpc) is 2.62. The summed E-state index contributed by atoms with van der Waals surface area (Å²) < 4.78 is 37.7. The Hall–Kier alpha value is -1.04. The lowest BCUT2D eigenvalue weighted by Gasteiger charge is -2.18. The topological polar surface area (TPSA) is 37.8 Å². The molecule has 0 bridgehead atoms. The lowest BCUT2D eigenvalue weighted by atomic mass is 10.1. The van der Waals surface area contributed by atoms with Gasteiger partial charge in [0.2, 0.25) is 5.28 Å². The Labute approximate surface area is 108 Å². The molecule has 0 aromatic carbocycles. The minimum atomic E-state index is -4.51. The molecule has 1 fully saturated rings. The zero-order valence-corrected chi connectivity index (χ0v) is 10.5. The van der Waals surface area contributed by atoms with E-state index in [0.29, 0.717) is 5.92 Å². The van der Waals surface area contributed by atoms with E-state index in [1.54, 1.807) is 0 Å². The van der Waals surface area contributed by atoms with Gasteiger partial charge in [-0.15, -0.1) is 0 Å². The first-order chi connectivity index (χ1) is 8.36. The van der Waals surface area contributed by atoms with Crippen LogP contribution in [0.2, 0.25) is 5.28 Å². The zero-order chi connectivity index (χ0) is 13.3. The third-order valence-electron chi connectivity index (χ3n) is 3.18. The van der Waals surface area contributed by atoms with Crippen molar-refractivity contribution in [2.45, 2.75) is 38.4 Å². The van der Waals surface area contributed by atoms with Gasteiger partial charge in [0.15, 0.2) is 5.69 Å². The smallest absolute Gasteiger partial charge is 0.367 e. The molecule has 1 aromatic heterocycles. The summed E-state index contributed by atoms with van der Waals surface area (Å²) >= 11 is 5.52. The molecule has 2 unspecified atom stereocenters. The number of alkyl halides is 3. The molecule has 7 heteroatoms. The first-order valence-electron chi connectivity index (χ1n) is 5.74. The highest BCUT2D eigenvalue weighted by atomic mass is 35.5. The van der Waals surface area contributed by atoms with Crippen LogP contribution >= 0.6 is 11.6 Å². The van der Waals surface area contributed by atoms with Crippen molar-refractivity contribution in [3.8, 4) is 0 Å². The van der Waals surface area contributed by atoms with E-state index in [1.165, 1.54) is 0 Å². The van der Waals surface area contributed by atoms with Gasteiger partial charge in [0.05, 0.1) is 0 Å². The third-order valence-corrected chi connectivity index (χ3v) is 3.35. The van der Waals surface area contributed by atoms with Crippen LogP contribution in [0.4, 0.5) is 19.0 Å². The molecule has 100 valence electrons. The Morgan fingerprint density at radius 3 is 2.61 bits per heavy atom. The van der Waals surface area contributed by atoms with Crippen LogP contribution in [-0.2, 0) is 6.18 Å². The van der Waals surface area contributed by atoms with Crippen LogP contribution in [-0.4, -0.2) is 16.0 Å². The van der Waals surface area contributed by atoms with Gasteiger partial charge in [-0.3, -0.25) is 0 Å². The molecule has 1 aliphatic carbocycles. The highest BCUT2D eigenvalue weighted by Gasteiger charge is 2.34. The van der Waals surface area contributed by atoms with Crippen molar-refractivity contribution >= 4 is 17.4 Å². The number of hydrogen-bond donors (Lipinski definition) is 1. The highest BCUT2D eigenvalue weighted by molar-refractivity contribution is 6.28. The zero-order valence-electron chi connectivity index (χ0n) is 9.76. The van der Waals surface area contributed by atoms with Gasteiger partial charge >= 0.3 is 6.18 Å². The van der Waals surface area contributed by atoms with E-state index in [0.717, 1.165) is 25.3 Å². The minimum Gasteiger partial charge on any atom is -0.367 e. The van der Waals surface area contributed by atoms with Crippen molar-refractivity contribution in [3.63, 3.8) is 0 Å². The Balaban J connectivity index is 2.20. The highest BCUT2D eigenvalue weighted by Crippen LogP contribution is 2.31. The number of nitrogens with one attached hydrogen (secondary N) is 1. The molecule has 0 spiro atoms. The average molecular weight is 280 g/mol. The van der Waals surface area contributed by atoms with E-state index < -0.39 is 17.2 Å². The fourth-order valence-electron chi connectivity index (χ4n) is 2.19. The van der Waals surface area contributed by atoms with Crippen LogP contribution in [0.5, 0.6) is 0 Å². The SMILES string of the molecule is CC1CCCC1Nc1cc(C(F)(F)F)nc(Cl)n1. The predicted molar refractivity (Wildman–Crippen MR) is 62.5 cm³/mol. The summed E-state index contributed by atoms with van der Waals surface area (Å²) in [5.74, 6) is 0.564. The molecule has 1 heterocycles. The maximum Gasteiger partial charge on any atom is 0.433 e. The summed E-state index contributed by atoms with van der Waals surface area (Å²) in [5.41, 5.74) is -1.02. The minimum absolute atomic E-state index is 0.140. The maximum absolute atomic E-state index is 12.6. The van der Waals surface area contributed by atoms with Crippen molar-refractivity contribution in [1.82, 2.24) is 9.97 Å². The second kappa shape index (κ2) is 4.91. The van der Waals surface area contributed by atoms with E-state index >= 15 is 0 Å². The maximum atomic E-state index is 12.6. The van der Waals surface area contributed by atoms with Gasteiger partial charge in [-0.1, -0.05) is 13.3 Å². The molecule has 3 nitrogen and oxygen atoms in total. The molecule has 0 aliphatic heterocycles. The Kier molecular flexibility index (Phi) is 3.66. The predicted octanol–water partition coefficient (Wildman–Crippen LogP) is 3.75. The Morgan fingerprint density at radius 2 is 2.06 bits per heavy atom. The lowest BCUT2D eigenvalue weighted by Crippen LogP contribution is -2.23. The molecule has 18 heavy (non-hydrogen) atoms. The summed E-state index contributed by atoms with van der Waals surface area (Å²) in [7, 11) is 0. The standard InChI is InChI=1S/C11H13ClF3N3/c1-6-3-2-4-7(6)16-9-5-8(11(13,14)15)17-10(12)18-9/h5-7H,2-4H2,1H3,(H,16,17,18). The monoisotopic (exact) mass is 279 g/mol. The number of hydrogen-bond acceptors (Lipinski definition) is 3.